The molecule has 0 aromatic heterocycles. The van der Waals surface area contributed by atoms with E-state index in [0.29, 0.717) is 5.75 Å². The summed E-state index contributed by atoms with van der Waals surface area (Å²) in [4.78, 5) is 0. The molecule has 19 heavy (non-hydrogen) atoms. The van der Waals surface area contributed by atoms with Crippen LogP contribution in [0, 0.1) is 0 Å². The van der Waals surface area contributed by atoms with Crippen molar-refractivity contribution in [3.8, 4) is 17.2 Å². The van der Waals surface area contributed by atoms with E-state index in [4.69, 9.17) is 14.2 Å². The molecule has 1 saturated heterocycles. The van der Waals surface area contributed by atoms with Crippen LogP contribution in [0.4, 0.5) is 0 Å². The number of hydrogen-bond donors (Lipinski definition) is 1. The number of methoxy groups -OCH3 is 3. The van der Waals surface area contributed by atoms with Crippen molar-refractivity contribution < 1.29 is 14.2 Å². The number of nitrogens with one attached hydrogen (secondary N) is 1. The number of thioether (sulfide) groups is 1. The highest BCUT2D eigenvalue weighted by atomic mass is 32.2. The Hall–Kier alpha value is -1.07. The van der Waals surface area contributed by atoms with Gasteiger partial charge >= 0.3 is 0 Å². The van der Waals surface area contributed by atoms with Crippen molar-refractivity contribution in [2.75, 3.05) is 27.1 Å². The van der Waals surface area contributed by atoms with Crippen molar-refractivity contribution in [3.63, 3.8) is 0 Å². The summed E-state index contributed by atoms with van der Waals surface area (Å²) < 4.78 is 16.2. The zero-order valence-corrected chi connectivity index (χ0v) is 12.9. The highest BCUT2D eigenvalue weighted by Crippen LogP contribution is 2.44. The molecule has 4 nitrogen and oxygen atoms in total. The first-order valence-electron chi connectivity index (χ1n) is 6.20. The zero-order chi connectivity index (χ0) is 14.0. The number of rotatable bonds is 4. The van der Waals surface area contributed by atoms with Gasteiger partial charge in [0.25, 0.3) is 0 Å². The molecular weight excluding hydrogens is 262 g/mol. The fourth-order valence-electron chi connectivity index (χ4n) is 2.16. The van der Waals surface area contributed by atoms with E-state index in [0.717, 1.165) is 22.8 Å². The smallest absolute Gasteiger partial charge is 0.164 e. The van der Waals surface area contributed by atoms with E-state index in [9.17, 15) is 0 Å². The summed E-state index contributed by atoms with van der Waals surface area (Å²) in [5.74, 6) is 3.30. The summed E-state index contributed by atoms with van der Waals surface area (Å²) in [7, 11) is 4.95. The molecule has 0 radical (unpaired) electrons. The van der Waals surface area contributed by atoms with Gasteiger partial charge in [0.05, 0.1) is 26.7 Å². The van der Waals surface area contributed by atoms with Crippen LogP contribution in [0.3, 0.4) is 0 Å². The molecule has 0 spiro atoms. The minimum absolute atomic E-state index is 0.132. The van der Waals surface area contributed by atoms with Crippen LogP contribution in [0.25, 0.3) is 0 Å². The van der Waals surface area contributed by atoms with E-state index in [1.54, 1.807) is 21.3 Å². The topological polar surface area (TPSA) is 39.7 Å². The largest absolute Gasteiger partial charge is 0.496 e. The zero-order valence-electron chi connectivity index (χ0n) is 12.1. The lowest BCUT2D eigenvalue weighted by Gasteiger charge is -2.21. The quantitative estimate of drug-likeness (QED) is 0.920. The molecule has 1 aliphatic heterocycles. The summed E-state index contributed by atoms with van der Waals surface area (Å²) >= 11 is 1.88. The Kier molecular flexibility index (Phi) is 4.16. The molecular formula is C14H21NO3S. The second kappa shape index (κ2) is 5.51. The highest BCUT2D eigenvalue weighted by molar-refractivity contribution is 7.99. The fraction of sp³-hybridized carbons (Fsp3) is 0.571. The number of benzene rings is 1. The van der Waals surface area contributed by atoms with E-state index in [2.05, 4.69) is 19.2 Å². The van der Waals surface area contributed by atoms with Gasteiger partial charge < -0.3 is 14.2 Å². The minimum atomic E-state index is 0.132. The molecule has 1 aromatic carbocycles. The van der Waals surface area contributed by atoms with Crippen LogP contribution in [-0.2, 0) is 0 Å². The molecule has 1 unspecified atom stereocenters. The number of ether oxygens (including phenoxy) is 3. The average molecular weight is 283 g/mol. The second-order valence-electron chi connectivity index (χ2n) is 5.17. The molecule has 0 bridgehead atoms. The van der Waals surface area contributed by atoms with Gasteiger partial charge in [-0.05, 0) is 19.9 Å². The van der Waals surface area contributed by atoms with Gasteiger partial charge in [-0.25, -0.2) is 0 Å². The molecule has 5 heteroatoms. The van der Waals surface area contributed by atoms with E-state index >= 15 is 0 Å². The van der Waals surface area contributed by atoms with Gasteiger partial charge in [-0.3, -0.25) is 5.32 Å². The Labute approximate surface area is 118 Å². The van der Waals surface area contributed by atoms with Crippen molar-refractivity contribution >= 4 is 11.8 Å². The van der Waals surface area contributed by atoms with Gasteiger partial charge in [0.2, 0.25) is 0 Å². The van der Waals surface area contributed by atoms with Gasteiger partial charge in [-0.1, -0.05) is 0 Å². The van der Waals surface area contributed by atoms with Crippen molar-refractivity contribution in [2.45, 2.75) is 24.8 Å². The summed E-state index contributed by atoms with van der Waals surface area (Å²) in [6.07, 6.45) is 0. The van der Waals surface area contributed by atoms with Gasteiger partial charge in [0.15, 0.2) is 11.5 Å². The molecule has 1 N–H and O–H groups in total. The van der Waals surface area contributed by atoms with Crippen LogP contribution in [0.2, 0.25) is 0 Å². The average Bonchev–Trinajstić information content (AvgIpc) is 2.77. The normalized spacial score (nSPS) is 21.2. The van der Waals surface area contributed by atoms with E-state index in [1.165, 1.54) is 0 Å². The Morgan fingerprint density at radius 2 is 1.63 bits per heavy atom. The van der Waals surface area contributed by atoms with Crippen molar-refractivity contribution in [2.24, 2.45) is 0 Å². The summed E-state index contributed by atoms with van der Waals surface area (Å²) in [6, 6.07) is 3.87. The van der Waals surface area contributed by atoms with Gasteiger partial charge in [0.1, 0.15) is 5.75 Å². The first kappa shape index (κ1) is 14.3. The molecule has 0 saturated carbocycles. The Bertz CT molecular complexity index is 462. The molecule has 1 heterocycles. The van der Waals surface area contributed by atoms with Crippen LogP contribution >= 0.6 is 11.8 Å². The van der Waals surface area contributed by atoms with Crippen molar-refractivity contribution in [3.05, 3.63) is 17.7 Å². The molecule has 0 aliphatic carbocycles. The lowest BCUT2D eigenvalue weighted by molar-refractivity contribution is 0.346. The summed E-state index contributed by atoms with van der Waals surface area (Å²) in [6.45, 7) is 4.40. The summed E-state index contributed by atoms with van der Waals surface area (Å²) in [5, 5.41) is 3.81. The Balaban J connectivity index is 2.39. The Morgan fingerprint density at radius 3 is 2.11 bits per heavy atom. The first-order chi connectivity index (χ1) is 9.00. The molecule has 1 aliphatic rings. The van der Waals surface area contributed by atoms with Crippen LogP contribution in [0.1, 0.15) is 24.8 Å². The monoisotopic (exact) mass is 283 g/mol. The SMILES string of the molecule is COc1cc(OC)c(C2NC(C)(C)CS2)cc1OC. The summed E-state index contributed by atoms with van der Waals surface area (Å²) in [5.41, 5.74) is 1.23. The van der Waals surface area contributed by atoms with E-state index < -0.39 is 0 Å². The van der Waals surface area contributed by atoms with Crippen LogP contribution in [0.15, 0.2) is 12.1 Å². The van der Waals surface area contributed by atoms with E-state index in [1.807, 2.05) is 23.9 Å². The van der Waals surface area contributed by atoms with Crippen LogP contribution in [-0.4, -0.2) is 32.6 Å². The third-order valence-electron chi connectivity index (χ3n) is 3.15. The van der Waals surface area contributed by atoms with Gasteiger partial charge in [-0.2, -0.15) is 0 Å². The van der Waals surface area contributed by atoms with Crippen molar-refractivity contribution in [1.29, 1.82) is 0 Å². The lowest BCUT2D eigenvalue weighted by Crippen LogP contribution is -2.35. The van der Waals surface area contributed by atoms with Crippen LogP contribution in [0.5, 0.6) is 17.2 Å². The molecule has 1 atom stereocenters. The lowest BCUT2D eigenvalue weighted by atomic mass is 10.1. The van der Waals surface area contributed by atoms with Gasteiger partial charge in [0, 0.05) is 22.9 Å². The van der Waals surface area contributed by atoms with Crippen molar-refractivity contribution in [1.82, 2.24) is 5.32 Å². The molecule has 2 rings (SSSR count). The first-order valence-corrected chi connectivity index (χ1v) is 7.25. The van der Waals surface area contributed by atoms with Gasteiger partial charge in [-0.15, -0.1) is 11.8 Å². The minimum Gasteiger partial charge on any atom is -0.496 e. The molecule has 106 valence electrons. The Morgan fingerprint density at radius 1 is 1.05 bits per heavy atom. The standard InChI is InChI=1S/C14H21NO3S/c1-14(2)8-19-13(15-14)9-6-11(17-4)12(18-5)7-10(9)16-3/h6-7,13,15H,8H2,1-5H3. The predicted octanol–water partition coefficient (Wildman–Crippen LogP) is 2.83. The second-order valence-corrected chi connectivity index (χ2v) is 6.26. The molecule has 0 amide bonds. The maximum Gasteiger partial charge on any atom is 0.164 e. The highest BCUT2D eigenvalue weighted by Gasteiger charge is 2.33. The maximum atomic E-state index is 5.48. The van der Waals surface area contributed by atoms with E-state index in [-0.39, 0.29) is 10.9 Å². The molecule has 1 fully saturated rings. The fourth-order valence-corrected chi connectivity index (χ4v) is 3.59. The maximum absolute atomic E-state index is 5.48. The third-order valence-corrected chi connectivity index (χ3v) is 4.74. The predicted molar refractivity (Wildman–Crippen MR) is 78.5 cm³/mol. The third kappa shape index (κ3) is 2.92. The molecule has 1 aromatic rings. The van der Waals surface area contributed by atoms with Crippen LogP contribution < -0.4 is 19.5 Å². The number of hydrogen-bond acceptors (Lipinski definition) is 5.